The minimum Gasteiger partial charge on any atom is -0.505 e. The van der Waals surface area contributed by atoms with Crippen LogP contribution in [0.5, 0.6) is 0 Å². The normalized spacial score (nSPS) is 20.0. The maximum absolute atomic E-state index is 12.2. The van der Waals surface area contributed by atoms with Gasteiger partial charge in [0.15, 0.2) is 5.83 Å². The van der Waals surface area contributed by atoms with Gasteiger partial charge in [0.2, 0.25) is 0 Å². The fraction of sp³-hybridized carbons (Fsp3) is 0.333. The van der Waals surface area contributed by atoms with E-state index in [4.69, 9.17) is 5.11 Å². The highest BCUT2D eigenvalue weighted by Gasteiger charge is 2.13. The van der Waals surface area contributed by atoms with Crippen molar-refractivity contribution >= 4 is 0 Å². The van der Waals surface area contributed by atoms with Crippen LogP contribution in [0.3, 0.4) is 0 Å². The first-order valence-electron chi connectivity index (χ1n) is 2.65. The summed E-state index contributed by atoms with van der Waals surface area (Å²) >= 11 is 0. The smallest absolute Gasteiger partial charge is 0.195 e. The standard InChI is InChI=1S/C6H6F2O/c7-4-2-1-3-5(9)6(4)8/h3,9H,1-2H2. The van der Waals surface area contributed by atoms with Gasteiger partial charge >= 0.3 is 0 Å². The fourth-order valence-corrected chi connectivity index (χ4v) is 0.674. The van der Waals surface area contributed by atoms with Gasteiger partial charge in [0.05, 0.1) is 0 Å². The quantitative estimate of drug-likeness (QED) is 0.536. The number of rotatable bonds is 0. The average molecular weight is 132 g/mol. The molecule has 0 fully saturated rings. The highest BCUT2D eigenvalue weighted by Crippen LogP contribution is 2.24. The zero-order chi connectivity index (χ0) is 6.85. The van der Waals surface area contributed by atoms with E-state index >= 15 is 0 Å². The topological polar surface area (TPSA) is 20.2 Å². The Balaban J connectivity index is 2.88. The second-order valence-electron chi connectivity index (χ2n) is 1.85. The summed E-state index contributed by atoms with van der Waals surface area (Å²) in [6.07, 6.45) is 1.71. The molecule has 0 heterocycles. The molecule has 50 valence electrons. The molecule has 0 radical (unpaired) electrons. The highest BCUT2D eigenvalue weighted by molar-refractivity contribution is 5.24. The molecule has 3 heteroatoms. The summed E-state index contributed by atoms with van der Waals surface area (Å²) in [6.45, 7) is 0. The molecule has 1 nitrogen and oxygen atoms in total. The molecule has 0 aromatic carbocycles. The summed E-state index contributed by atoms with van der Waals surface area (Å²) in [5.41, 5.74) is 0. The Morgan fingerprint density at radius 2 is 2.11 bits per heavy atom. The lowest BCUT2D eigenvalue weighted by atomic mass is 10.1. The van der Waals surface area contributed by atoms with Gasteiger partial charge in [-0.15, -0.1) is 0 Å². The summed E-state index contributed by atoms with van der Waals surface area (Å²) in [5, 5.41) is 8.54. The van der Waals surface area contributed by atoms with E-state index in [9.17, 15) is 8.78 Å². The summed E-state index contributed by atoms with van der Waals surface area (Å²) in [7, 11) is 0. The Kier molecular flexibility index (Phi) is 1.51. The molecule has 0 atom stereocenters. The number of hydrogen-bond donors (Lipinski definition) is 1. The molecule has 1 rings (SSSR count). The van der Waals surface area contributed by atoms with Gasteiger partial charge in [-0.25, -0.2) is 8.78 Å². The van der Waals surface area contributed by atoms with Gasteiger partial charge in [0, 0.05) is 6.42 Å². The van der Waals surface area contributed by atoms with E-state index < -0.39 is 17.4 Å². The van der Waals surface area contributed by atoms with E-state index in [1.54, 1.807) is 0 Å². The van der Waals surface area contributed by atoms with Crippen LogP contribution in [0.15, 0.2) is 23.5 Å². The van der Waals surface area contributed by atoms with Crippen LogP contribution in [0, 0.1) is 0 Å². The second-order valence-corrected chi connectivity index (χ2v) is 1.85. The highest BCUT2D eigenvalue weighted by atomic mass is 19.2. The SMILES string of the molecule is OC1=CCCC(F)=C1F. The van der Waals surface area contributed by atoms with Gasteiger partial charge in [-0.1, -0.05) is 0 Å². The van der Waals surface area contributed by atoms with Crippen LogP contribution < -0.4 is 0 Å². The summed E-state index contributed by atoms with van der Waals surface area (Å²) in [5.74, 6) is -2.53. The zero-order valence-corrected chi connectivity index (χ0v) is 4.69. The number of aliphatic hydroxyl groups is 1. The first-order valence-corrected chi connectivity index (χ1v) is 2.65. The minimum atomic E-state index is -1.11. The monoisotopic (exact) mass is 132 g/mol. The second kappa shape index (κ2) is 2.17. The predicted octanol–water partition coefficient (Wildman–Crippen LogP) is 2.37. The molecule has 0 aromatic heterocycles. The molecule has 1 aliphatic rings. The van der Waals surface area contributed by atoms with Gasteiger partial charge in [-0.3, -0.25) is 0 Å². The van der Waals surface area contributed by atoms with Gasteiger partial charge in [0.25, 0.3) is 0 Å². The predicted molar refractivity (Wildman–Crippen MR) is 29.2 cm³/mol. The number of halogens is 2. The van der Waals surface area contributed by atoms with Crippen molar-refractivity contribution in [2.75, 3.05) is 0 Å². The third-order valence-electron chi connectivity index (χ3n) is 1.16. The van der Waals surface area contributed by atoms with Crippen molar-refractivity contribution in [3.8, 4) is 0 Å². The number of allylic oxidation sites excluding steroid dienone is 3. The number of hydrogen-bond acceptors (Lipinski definition) is 1. The fourth-order valence-electron chi connectivity index (χ4n) is 0.674. The Bertz CT molecular complexity index is 181. The third-order valence-corrected chi connectivity index (χ3v) is 1.16. The molecule has 0 aromatic rings. The largest absolute Gasteiger partial charge is 0.505 e. The van der Waals surface area contributed by atoms with Crippen LogP contribution in [0.2, 0.25) is 0 Å². The van der Waals surface area contributed by atoms with Crippen molar-refractivity contribution in [1.29, 1.82) is 0 Å². The van der Waals surface area contributed by atoms with Gasteiger partial charge in [-0.2, -0.15) is 0 Å². The summed E-state index contributed by atoms with van der Waals surface area (Å²) in [6, 6.07) is 0. The lowest BCUT2D eigenvalue weighted by Crippen LogP contribution is -1.92. The van der Waals surface area contributed by atoms with Crippen molar-refractivity contribution in [1.82, 2.24) is 0 Å². The third kappa shape index (κ3) is 1.09. The van der Waals surface area contributed by atoms with E-state index in [-0.39, 0.29) is 6.42 Å². The van der Waals surface area contributed by atoms with Crippen LogP contribution in [0.25, 0.3) is 0 Å². The minimum absolute atomic E-state index is 0.0654. The number of aliphatic hydroxyl groups excluding tert-OH is 1. The first-order chi connectivity index (χ1) is 4.22. The van der Waals surface area contributed by atoms with Crippen molar-refractivity contribution in [2.24, 2.45) is 0 Å². The molecule has 1 N–H and O–H groups in total. The molecule has 0 bridgehead atoms. The van der Waals surface area contributed by atoms with Crippen LogP contribution >= 0.6 is 0 Å². The molecule has 0 unspecified atom stereocenters. The maximum atomic E-state index is 12.2. The molecular formula is C6H6F2O. The van der Waals surface area contributed by atoms with Crippen LogP contribution in [-0.4, -0.2) is 5.11 Å². The molecule has 0 aliphatic heterocycles. The molecule has 1 aliphatic carbocycles. The van der Waals surface area contributed by atoms with Crippen LogP contribution in [0.4, 0.5) is 8.78 Å². The van der Waals surface area contributed by atoms with Crippen LogP contribution in [-0.2, 0) is 0 Å². The van der Waals surface area contributed by atoms with Crippen molar-refractivity contribution in [2.45, 2.75) is 12.8 Å². The van der Waals surface area contributed by atoms with Crippen molar-refractivity contribution in [3.63, 3.8) is 0 Å². The van der Waals surface area contributed by atoms with E-state index in [0.29, 0.717) is 6.42 Å². The van der Waals surface area contributed by atoms with E-state index in [2.05, 4.69) is 0 Å². The summed E-state index contributed by atoms with van der Waals surface area (Å²) < 4.78 is 24.3. The summed E-state index contributed by atoms with van der Waals surface area (Å²) in [4.78, 5) is 0. The lowest BCUT2D eigenvalue weighted by molar-refractivity contribution is 0.362. The average Bonchev–Trinajstić information content (AvgIpc) is 1.83. The molecular weight excluding hydrogens is 126 g/mol. The first kappa shape index (κ1) is 6.26. The van der Waals surface area contributed by atoms with Crippen LogP contribution in [0.1, 0.15) is 12.8 Å². The Morgan fingerprint density at radius 3 is 2.56 bits per heavy atom. The molecule has 0 saturated heterocycles. The van der Waals surface area contributed by atoms with Gasteiger partial charge in [0.1, 0.15) is 11.6 Å². The molecule has 0 spiro atoms. The van der Waals surface area contributed by atoms with Gasteiger partial charge < -0.3 is 5.11 Å². The van der Waals surface area contributed by atoms with Gasteiger partial charge in [-0.05, 0) is 12.5 Å². The zero-order valence-electron chi connectivity index (χ0n) is 4.69. The van der Waals surface area contributed by atoms with E-state index in [1.807, 2.05) is 0 Å². The molecule has 9 heavy (non-hydrogen) atoms. The van der Waals surface area contributed by atoms with Crippen molar-refractivity contribution in [3.05, 3.63) is 23.5 Å². The van der Waals surface area contributed by atoms with E-state index in [1.165, 1.54) is 6.08 Å². The van der Waals surface area contributed by atoms with Crippen molar-refractivity contribution < 1.29 is 13.9 Å². The lowest BCUT2D eigenvalue weighted by Gasteiger charge is -2.04. The Morgan fingerprint density at radius 1 is 1.44 bits per heavy atom. The Hall–Kier alpha value is -0.860. The molecule has 0 saturated carbocycles. The Labute approximate surface area is 51.3 Å². The maximum Gasteiger partial charge on any atom is 0.195 e. The van der Waals surface area contributed by atoms with E-state index in [0.717, 1.165) is 0 Å². The molecule has 0 amide bonds.